The van der Waals surface area contributed by atoms with Crippen LogP contribution in [-0.4, -0.2) is 28.4 Å². The molecule has 2 aromatic carbocycles. The first-order valence-corrected chi connectivity index (χ1v) is 9.91. The second-order valence-electron chi connectivity index (χ2n) is 7.44. The second kappa shape index (κ2) is 8.57. The Hall–Kier alpha value is -2.99. The van der Waals surface area contributed by atoms with Gasteiger partial charge in [0.1, 0.15) is 23.8 Å². The molecule has 150 valence electrons. The van der Waals surface area contributed by atoms with E-state index in [1.807, 2.05) is 30.3 Å². The maximum absolute atomic E-state index is 13.8. The number of oxazole rings is 1. The van der Waals surface area contributed by atoms with Gasteiger partial charge in [0.2, 0.25) is 11.8 Å². The zero-order valence-electron chi connectivity index (χ0n) is 16.1. The highest BCUT2D eigenvalue weighted by atomic mass is 19.1. The fourth-order valence-corrected chi connectivity index (χ4v) is 3.86. The summed E-state index contributed by atoms with van der Waals surface area (Å²) < 4.78 is 19.6. The van der Waals surface area contributed by atoms with Crippen LogP contribution < -0.4 is 5.73 Å². The standard InChI is InChI=1S/C23H24FN3O2/c24-19-10-5-4-9-17(19)13-18(25)14-22(28)27-12-6-11-21(27)23-26-20(15-29-23)16-7-2-1-3-8-16/h1-5,7-10,15,18,21H,6,11-14,25H2/t18-,21+/m1/s1. The van der Waals surface area contributed by atoms with Crippen LogP contribution in [0, 0.1) is 5.82 Å². The summed E-state index contributed by atoms with van der Waals surface area (Å²) in [6, 6.07) is 15.7. The number of nitrogens with zero attached hydrogens (tertiary/aromatic N) is 2. The minimum atomic E-state index is -0.440. The smallest absolute Gasteiger partial charge is 0.224 e. The van der Waals surface area contributed by atoms with Crippen molar-refractivity contribution < 1.29 is 13.6 Å². The number of carbonyl (C=O) groups excluding carboxylic acids is 1. The van der Waals surface area contributed by atoms with Gasteiger partial charge in [-0.2, -0.15) is 0 Å². The lowest BCUT2D eigenvalue weighted by Crippen LogP contribution is -2.36. The summed E-state index contributed by atoms with van der Waals surface area (Å²) in [5, 5.41) is 0. The third-order valence-electron chi connectivity index (χ3n) is 5.33. The van der Waals surface area contributed by atoms with Crippen molar-refractivity contribution in [2.45, 2.75) is 37.8 Å². The van der Waals surface area contributed by atoms with Crippen LogP contribution in [0.25, 0.3) is 11.3 Å². The monoisotopic (exact) mass is 393 g/mol. The van der Waals surface area contributed by atoms with E-state index in [9.17, 15) is 9.18 Å². The maximum atomic E-state index is 13.8. The first kappa shape index (κ1) is 19.3. The normalized spacial score (nSPS) is 17.4. The van der Waals surface area contributed by atoms with Gasteiger partial charge >= 0.3 is 0 Å². The molecule has 1 saturated heterocycles. The fraction of sp³-hybridized carbons (Fsp3) is 0.304. The van der Waals surface area contributed by atoms with Crippen LogP contribution in [0.2, 0.25) is 0 Å². The molecule has 4 rings (SSSR count). The predicted octanol–water partition coefficient (Wildman–Crippen LogP) is 4.10. The number of hydrogen-bond acceptors (Lipinski definition) is 4. The van der Waals surface area contributed by atoms with Crippen molar-refractivity contribution in [2.75, 3.05) is 6.54 Å². The van der Waals surface area contributed by atoms with Gasteiger partial charge in [-0.25, -0.2) is 9.37 Å². The minimum Gasteiger partial charge on any atom is -0.446 e. The number of carbonyl (C=O) groups is 1. The van der Waals surface area contributed by atoms with Gasteiger partial charge in [0, 0.05) is 24.6 Å². The summed E-state index contributed by atoms with van der Waals surface area (Å²) in [5.74, 6) is 0.218. The zero-order valence-corrected chi connectivity index (χ0v) is 16.1. The second-order valence-corrected chi connectivity index (χ2v) is 7.44. The molecular weight excluding hydrogens is 369 g/mol. The Bertz CT molecular complexity index is 973. The first-order valence-electron chi connectivity index (χ1n) is 9.91. The average Bonchev–Trinajstić information content (AvgIpc) is 3.40. The molecule has 2 heterocycles. The number of hydrogen-bond donors (Lipinski definition) is 1. The van der Waals surface area contributed by atoms with E-state index in [2.05, 4.69) is 4.98 Å². The molecule has 1 aliphatic rings. The van der Waals surface area contributed by atoms with Gasteiger partial charge in [-0.15, -0.1) is 0 Å². The molecule has 6 heteroatoms. The molecular formula is C23H24FN3O2. The van der Waals surface area contributed by atoms with Gasteiger partial charge in [0.25, 0.3) is 0 Å². The largest absolute Gasteiger partial charge is 0.446 e. The summed E-state index contributed by atoms with van der Waals surface area (Å²) >= 11 is 0. The summed E-state index contributed by atoms with van der Waals surface area (Å²) in [6.45, 7) is 0.652. The van der Waals surface area contributed by atoms with Crippen molar-refractivity contribution in [3.8, 4) is 11.3 Å². The number of amides is 1. The Morgan fingerprint density at radius 1 is 1.21 bits per heavy atom. The van der Waals surface area contributed by atoms with Crippen molar-refractivity contribution in [1.29, 1.82) is 0 Å². The molecule has 1 aromatic heterocycles. The molecule has 0 aliphatic carbocycles. The molecule has 3 aromatic rings. The summed E-state index contributed by atoms with van der Waals surface area (Å²) in [7, 11) is 0. The number of likely N-dealkylation sites (tertiary alicyclic amines) is 1. The SMILES string of the molecule is N[C@@H](CC(=O)N1CCC[C@H]1c1nc(-c2ccccc2)co1)Cc1ccccc1F. The quantitative estimate of drug-likeness (QED) is 0.684. The Kier molecular flexibility index (Phi) is 5.71. The molecule has 2 atom stereocenters. The zero-order chi connectivity index (χ0) is 20.2. The number of nitrogens with two attached hydrogens (primary N) is 1. The molecule has 5 nitrogen and oxygen atoms in total. The average molecular weight is 393 g/mol. The van der Waals surface area contributed by atoms with Crippen LogP contribution in [0.5, 0.6) is 0 Å². The molecule has 1 aliphatic heterocycles. The molecule has 2 N–H and O–H groups in total. The van der Waals surface area contributed by atoms with Crippen LogP contribution in [-0.2, 0) is 11.2 Å². The molecule has 0 bridgehead atoms. The minimum absolute atomic E-state index is 0.0456. The summed E-state index contributed by atoms with van der Waals surface area (Å²) in [6.07, 6.45) is 3.83. The van der Waals surface area contributed by atoms with Gasteiger partial charge in [-0.3, -0.25) is 4.79 Å². The number of rotatable bonds is 6. The number of benzene rings is 2. The van der Waals surface area contributed by atoms with Crippen molar-refractivity contribution >= 4 is 5.91 Å². The lowest BCUT2D eigenvalue weighted by molar-refractivity contribution is -0.132. The van der Waals surface area contributed by atoms with Crippen LogP contribution in [0.4, 0.5) is 4.39 Å². The van der Waals surface area contributed by atoms with Gasteiger partial charge in [0.05, 0.1) is 0 Å². The van der Waals surface area contributed by atoms with E-state index < -0.39 is 6.04 Å². The van der Waals surface area contributed by atoms with E-state index in [1.165, 1.54) is 6.07 Å². The number of halogens is 1. The van der Waals surface area contributed by atoms with Gasteiger partial charge in [-0.1, -0.05) is 48.5 Å². The molecule has 0 spiro atoms. The Morgan fingerprint density at radius 2 is 1.97 bits per heavy atom. The molecule has 0 unspecified atom stereocenters. The van der Waals surface area contributed by atoms with E-state index in [1.54, 1.807) is 29.4 Å². The third-order valence-corrected chi connectivity index (χ3v) is 5.33. The first-order chi connectivity index (χ1) is 14.1. The molecule has 29 heavy (non-hydrogen) atoms. The molecule has 0 saturated carbocycles. The Labute approximate surface area is 169 Å². The Balaban J connectivity index is 1.42. The third kappa shape index (κ3) is 4.38. The van der Waals surface area contributed by atoms with E-state index in [0.29, 0.717) is 24.4 Å². The highest BCUT2D eigenvalue weighted by Crippen LogP contribution is 2.33. The summed E-state index contributed by atoms with van der Waals surface area (Å²) in [4.78, 5) is 19.3. The van der Waals surface area contributed by atoms with E-state index >= 15 is 0 Å². The molecule has 1 fully saturated rings. The topological polar surface area (TPSA) is 72.4 Å². The lowest BCUT2D eigenvalue weighted by Gasteiger charge is -2.24. The number of aromatic nitrogens is 1. The van der Waals surface area contributed by atoms with Gasteiger partial charge in [0.15, 0.2) is 0 Å². The molecule has 1 amide bonds. The Morgan fingerprint density at radius 3 is 2.76 bits per heavy atom. The van der Waals surface area contributed by atoms with E-state index in [4.69, 9.17) is 10.2 Å². The highest BCUT2D eigenvalue weighted by molar-refractivity contribution is 5.77. The van der Waals surface area contributed by atoms with Crippen molar-refractivity contribution in [3.05, 3.63) is 78.1 Å². The fourth-order valence-electron chi connectivity index (χ4n) is 3.86. The van der Waals surface area contributed by atoms with Crippen molar-refractivity contribution in [1.82, 2.24) is 9.88 Å². The maximum Gasteiger partial charge on any atom is 0.224 e. The predicted molar refractivity (Wildman–Crippen MR) is 108 cm³/mol. The van der Waals surface area contributed by atoms with Crippen LogP contribution >= 0.6 is 0 Å². The van der Waals surface area contributed by atoms with E-state index in [0.717, 1.165) is 24.1 Å². The summed E-state index contributed by atoms with van der Waals surface area (Å²) in [5.41, 5.74) is 8.42. The van der Waals surface area contributed by atoms with Gasteiger partial charge < -0.3 is 15.1 Å². The highest BCUT2D eigenvalue weighted by Gasteiger charge is 2.33. The van der Waals surface area contributed by atoms with Crippen LogP contribution in [0.15, 0.2) is 65.3 Å². The van der Waals surface area contributed by atoms with Crippen LogP contribution in [0.1, 0.15) is 36.8 Å². The van der Waals surface area contributed by atoms with Gasteiger partial charge in [-0.05, 0) is 30.9 Å². The van der Waals surface area contributed by atoms with Crippen molar-refractivity contribution in [3.63, 3.8) is 0 Å². The molecule has 0 radical (unpaired) electrons. The van der Waals surface area contributed by atoms with Crippen molar-refractivity contribution in [2.24, 2.45) is 5.73 Å². The van der Waals surface area contributed by atoms with Crippen LogP contribution in [0.3, 0.4) is 0 Å². The van der Waals surface area contributed by atoms with E-state index in [-0.39, 0.29) is 24.2 Å². The lowest BCUT2D eigenvalue weighted by atomic mass is 10.0.